The molecule has 6 heteroatoms. The molecule has 0 radical (unpaired) electrons. The number of thiocarbonyl (C=S) groups is 1. The Morgan fingerprint density at radius 2 is 2.14 bits per heavy atom. The van der Waals surface area contributed by atoms with Crippen LogP contribution in [0.15, 0.2) is 30.3 Å². The van der Waals surface area contributed by atoms with Crippen LogP contribution in [0.5, 0.6) is 0 Å². The first kappa shape index (κ1) is 17.0. The molecule has 0 atom stereocenters. The standard InChI is InChI=1S/C15H21N3O2S/c1-15(2,3)20-14(19)17-9-5-7-11-6-4-8-12(10-11)18-13(16)21/h4-8,10H,9H2,1-3H3,(H,17,19)(H3,16,18,21). The maximum absolute atomic E-state index is 11.4. The summed E-state index contributed by atoms with van der Waals surface area (Å²) in [6.45, 7) is 5.86. The highest BCUT2D eigenvalue weighted by atomic mass is 32.1. The average Bonchev–Trinajstić information content (AvgIpc) is 2.32. The number of amides is 1. The van der Waals surface area contributed by atoms with E-state index in [4.69, 9.17) is 22.7 Å². The fourth-order valence-electron chi connectivity index (χ4n) is 1.51. The van der Waals surface area contributed by atoms with Crippen molar-refractivity contribution in [2.24, 2.45) is 5.73 Å². The van der Waals surface area contributed by atoms with E-state index < -0.39 is 11.7 Å². The summed E-state index contributed by atoms with van der Waals surface area (Å²) in [7, 11) is 0. The summed E-state index contributed by atoms with van der Waals surface area (Å²) in [5.74, 6) is 0. The lowest BCUT2D eigenvalue weighted by molar-refractivity contribution is 0.0534. The molecule has 0 heterocycles. The van der Waals surface area contributed by atoms with E-state index in [2.05, 4.69) is 10.6 Å². The van der Waals surface area contributed by atoms with Gasteiger partial charge in [0.2, 0.25) is 0 Å². The summed E-state index contributed by atoms with van der Waals surface area (Å²) in [4.78, 5) is 11.4. The molecule has 1 rings (SSSR count). The quantitative estimate of drug-likeness (QED) is 0.746. The molecule has 0 aliphatic carbocycles. The van der Waals surface area contributed by atoms with E-state index in [-0.39, 0.29) is 5.11 Å². The van der Waals surface area contributed by atoms with Crippen molar-refractivity contribution in [1.82, 2.24) is 5.32 Å². The van der Waals surface area contributed by atoms with Crippen LogP contribution >= 0.6 is 12.2 Å². The number of hydrogen-bond donors (Lipinski definition) is 3. The monoisotopic (exact) mass is 307 g/mol. The summed E-state index contributed by atoms with van der Waals surface area (Å²) in [5, 5.41) is 5.74. The Balaban J connectivity index is 2.47. The van der Waals surface area contributed by atoms with Crippen molar-refractivity contribution in [1.29, 1.82) is 0 Å². The van der Waals surface area contributed by atoms with E-state index in [1.165, 1.54) is 0 Å². The third kappa shape index (κ3) is 7.94. The summed E-state index contributed by atoms with van der Waals surface area (Å²) in [6, 6.07) is 7.61. The lowest BCUT2D eigenvalue weighted by atomic mass is 10.2. The number of hydrogen-bond acceptors (Lipinski definition) is 3. The number of carbonyl (C=O) groups is 1. The minimum atomic E-state index is -0.492. The minimum Gasteiger partial charge on any atom is -0.444 e. The molecule has 5 nitrogen and oxygen atoms in total. The Hall–Kier alpha value is -2.08. The second-order valence-corrected chi connectivity index (χ2v) is 5.84. The van der Waals surface area contributed by atoms with Gasteiger partial charge in [0.25, 0.3) is 0 Å². The first-order valence-corrected chi connectivity index (χ1v) is 6.97. The highest BCUT2D eigenvalue weighted by molar-refractivity contribution is 7.80. The largest absolute Gasteiger partial charge is 0.444 e. The predicted octanol–water partition coefficient (Wildman–Crippen LogP) is 2.88. The Morgan fingerprint density at radius 3 is 2.76 bits per heavy atom. The fourth-order valence-corrected chi connectivity index (χ4v) is 1.63. The van der Waals surface area contributed by atoms with Crippen molar-refractivity contribution in [3.8, 4) is 0 Å². The molecule has 4 N–H and O–H groups in total. The highest BCUT2D eigenvalue weighted by Gasteiger charge is 2.14. The molecule has 0 fully saturated rings. The van der Waals surface area contributed by atoms with E-state index in [9.17, 15) is 4.79 Å². The molecule has 0 aliphatic rings. The zero-order valence-corrected chi connectivity index (χ0v) is 13.3. The number of rotatable bonds is 4. The van der Waals surface area contributed by atoms with Gasteiger partial charge in [-0.2, -0.15) is 0 Å². The number of ether oxygens (including phenoxy) is 1. The van der Waals surface area contributed by atoms with Crippen molar-refractivity contribution in [2.45, 2.75) is 26.4 Å². The number of alkyl carbamates (subject to hydrolysis) is 1. The van der Waals surface area contributed by atoms with Gasteiger partial charge in [-0.25, -0.2) is 4.79 Å². The summed E-state index contributed by atoms with van der Waals surface area (Å²) < 4.78 is 5.13. The van der Waals surface area contributed by atoms with Gasteiger partial charge in [0.1, 0.15) is 5.60 Å². The third-order valence-electron chi connectivity index (χ3n) is 2.23. The Kier molecular flexibility index (Phi) is 6.17. The second-order valence-electron chi connectivity index (χ2n) is 5.40. The number of anilines is 1. The number of nitrogens with two attached hydrogens (primary N) is 1. The maximum Gasteiger partial charge on any atom is 0.407 e. The van der Waals surface area contributed by atoms with Crippen LogP contribution in [0.1, 0.15) is 26.3 Å². The van der Waals surface area contributed by atoms with Crippen molar-refractivity contribution in [3.63, 3.8) is 0 Å². The molecule has 114 valence electrons. The average molecular weight is 307 g/mol. The minimum absolute atomic E-state index is 0.225. The van der Waals surface area contributed by atoms with Crippen LogP contribution in [0.3, 0.4) is 0 Å². The molecule has 0 saturated heterocycles. The van der Waals surface area contributed by atoms with Crippen molar-refractivity contribution >= 4 is 35.2 Å². The molecule has 0 unspecified atom stereocenters. The van der Waals surface area contributed by atoms with Crippen LogP contribution in [-0.2, 0) is 4.74 Å². The number of carbonyl (C=O) groups excluding carboxylic acids is 1. The zero-order valence-electron chi connectivity index (χ0n) is 12.5. The van der Waals surface area contributed by atoms with E-state index in [0.717, 1.165) is 11.3 Å². The van der Waals surface area contributed by atoms with Crippen molar-refractivity contribution < 1.29 is 9.53 Å². The van der Waals surface area contributed by atoms with Crippen molar-refractivity contribution in [3.05, 3.63) is 35.9 Å². The van der Waals surface area contributed by atoms with E-state index in [1.807, 2.05) is 57.2 Å². The molecule has 0 aromatic heterocycles. The van der Waals surface area contributed by atoms with Gasteiger partial charge in [0.05, 0.1) is 0 Å². The smallest absolute Gasteiger partial charge is 0.407 e. The molecule has 0 bridgehead atoms. The van der Waals surface area contributed by atoms with E-state index in [1.54, 1.807) is 0 Å². The molecule has 21 heavy (non-hydrogen) atoms. The van der Waals surface area contributed by atoms with Crippen molar-refractivity contribution in [2.75, 3.05) is 11.9 Å². The number of benzene rings is 1. The first-order valence-electron chi connectivity index (χ1n) is 6.56. The lowest BCUT2D eigenvalue weighted by Crippen LogP contribution is -2.32. The summed E-state index contributed by atoms with van der Waals surface area (Å²) >= 11 is 4.79. The van der Waals surface area contributed by atoms with Gasteiger partial charge in [0, 0.05) is 12.2 Å². The highest BCUT2D eigenvalue weighted by Crippen LogP contribution is 2.11. The van der Waals surface area contributed by atoms with E-state index in [0.29, 0.717) is 6.54 Å². The topological polar surface area (TPSA) is 76.4 Å². The van der Waals surface area contributed by atoms with E-state index >= 15 is 0 Å². The summed E-state index contributed by atoms with van der Waals surface area (Å²) in [6.07, 6.45) is 3.29. The Labute approximate surface area is 130 Å². The zero-order chi connectivity index (χ0) is 15.9. The van der Waals surface area contributed by atoms with Gasteiger partial charge < -0.3 is 21.1 Å². The predicted molar refractivity (Wildman–Crippen MR) is 90.1 cm³/mol. The second kappa shape index (κ2) is 7.64. The SMILES string of the molecule is CC(C)(C)OC(=O)NCC=Cc1cccc(NC(N)=S)c1. The summed E-state index contributed by atoms with van der Waals surface area (Å²) in [5.41, 5.74) is 6.73. The van der Waals surface area contributed by atoms with Crippen LogP contribution in [0.25, 0.3) is 6.08 Å². The fraction of sp³-hybridized carbons (Fsp3) is 0.333. The first-order chi connectivity index (χ1) is 9.76. The van der Waals surface area contributed by atoms with Crippen LogP contribution < -0.4 is 16.4 Å². The molecular formula is C15H21N3O2S. The Bertz CT molecular complexity index is 536. The molecular weight excluding hydrogens is 286 g/mol. The third-order valence-corrected chi connectivity index (χ3v) is 2.33. The molecule has 0 spiro atoms. The van der Waals surface area contributed by atoms with Gasteiger partial charge in [0.15, 0.2) is 5.11 Å². The molecule has 1 aromatic carbocycles. The Morgan fingerprint density at radius 1 is 1.43 bits per heavy atom. The lowest BCUT2D eigenvalue weighted by Gasteiger charge is -2.19. The molecule has 1 aromatic rings. The normalized spacial score (nSPS) is 11.2. The van der Waals surface area contributed by atoms with Gasteiger partial charge in [-0.05, 0) is 50.7 Å². The van der Waals surface area contributed by atoms with Crippen LogP contribution in [-0.4, -0.2) is 23.4 Å². The maximum atomic E-state index is 11.4. The van der Waals surface area contributed by atoms with Gasteiger partial charge in [-0.3, -0.25) is 0 Å². The van der Waals surface area contributed by atoms with Crippen LogP contribution in [0, 0.1) is 0 Å². The molecule has 0 aliphatic heterocycles. The van der Waals surface area contributed by atoms with Gasteiger partial charge >= 0.3 is 6.09 Å². The molecule has 1 amide bonds. The van der Waals surface area contributed by atoms with Crippen LogP contribution in [0.2, 0.25) is 0 Å². The van der Waals surface area contributed by atoms with Crippen LogP contribution in [0.4, 0.5) is 10.5 Å². The number of nitrogens with one attached hydrogen (secondary N) is 2. The van der Waals surface area contributed by atoms with Gasteiger partial charge in [-0.1, -0.05) is 24.3 Å². The van der Waals surface area contributed by atoms with Gasteiger partial charge in [-0.15, -0.1) is 0 Å². The molecule has 0 saturated carbocycles.